The van der Waals surface area contributed by atoms with Gasteiger partial charge in [0.15, 0.2) is 17.7 Å². The molecule has 2 N–H and O–H groups in total. The molecule has 3 aliphatic rings. The van der Waals surface area contributed by atoms with Gasteiger partial charge in [-0.25, -0.2) is 15.0 Å². The molecule has 1 saturated heterocycles. The van der Waals surface area contributed by atoms with E-state index in [-0.39, 0.29) is 5.88 Å². The van der Waals surface area contributed by atoms with Gasteiger partial charge < -0.3 is 19.7 Å². The highest BCUT2D eigenvalue weighted by atomic mass is 32.2. The normalized spacial score (nSPS) is 27.7. The van der Waals surface area contributed by atoms with Crippen molar-refractivity contribution in [1.82, 2.24) is 19.5 Å². The van der Waals surface area contributed by atoms with Crippen LogP contribution in [0.2, 0.25) is 0 Å². The molecular formula is C12H16N4O7S. The molecule has 1 fully saturated rings. The highest BCUT2D eigenvalue weighted by Crippen LogP contribution is 2.37. The lowest BCUT2D eigenvalue weighted by atomic mass is 10.1. The van der Waals surface area contributed by atoms with Crippen molar-refractivity contribution in [2.45, 2.75) is 24.5 Å². The molecule has 11 nitrogen and oxygen atoms in total. The predicted octanol–water partition coefficient (Wildman–Crippen LogP) is -1.62. The number of hydrogen-bond donors (Lipinski definition) is 2. The number of nitrogens with zero attached hydrogens (tertiary/aromatic N) is 4. The Morgan fingerprint density at radius 3 is 2.75 bits per heavy atom. The van der Waals surface area contributed by atoms with E-state index >= 15 is 0 Å². The fourth-order valence-electron chi connectivity index (χ4n) is 2.60. The van der Waals surface area contributed by atoms with E-state index in [4.69, 9.17) is 13.7 Å². The number of methoxy groups -OCH3 is 1. The van der Waals surface area contributed by atoms with Crippen LogP contribution in [0.5, 0.6) is 5.88 Å². The van der Waals surface area contributed by atoms with Crippen LogP contribution >= 0.6 is 0 Å². The summed E-state index contributed by atoms with van der Waals surface area (Å²) in [5.41, 5.74) is 0.351. The Bertz CT molecular complexity index is 795. The maximum Gasteiger partial charge on any atom is 0.264 e. The molecule has 12 heteroatoms. The molecule has 132 valence electrons. The van der Waals surface area contributed by atoms with Crippen molar-refractivity contribution in [3.05, 3.63) is 12.7 Å². The van der Waals surface area contributed by atoms with E-state index in [9.17, 15) is 18.6 Å². The summed E-state index contributed by atoms with van der Waals surface area (Å²) < 4.78 is 39.8. The molecule has 0 aromatic carbocycles. The summed E-state index contributed by atoms with van der Waals surface area (Å²) >= 11 is 0. The van der Waals surface area contributed by atoms with Crippen LogP contribution in [0.15, 0.2) is 12.7 Å². The van der Waals surface area contributed by atoms with Gasteiger partial charge in [-0.1, -0.05) is 0 Å². The van der Waals surface area contributed by atoms with E-state index in [0.29, 0.717) is 11.5 Å². The molecule has 0 amide bonds. The first-order valence-corrected chi connectivity index (χ1v) is 8.71. The van der Waals surface area contributed by atoms with Gasteiger partial charge in [-0.2, -0.15) is 8.42 Å². The molecule has 3 aliphatic heterocycles. The number of rotatable bonds is 5. The van der Waals surface area contributed by atoms with Crippen molar-refractivity contribution in [2.75, 3.05) is 20.0 Å². The summed E-state index contributed by atoms with van der Waals surface area (Å²) in [6, 6.07) is 0. The Morgan fingerprint density at radius 2 is 2.12 bits per heavy atom. The second-order valence-corrected chi connectivity index (χ2v) is 6.81. The second-order valence-electron chi connectivity index (χ2n) is 5.21. The van der Waals surface area contributed by atoms with Gasteiger partial charge in [-0.15, -0.1) is 0 Å². The number of aromatic nitrogens is 4. The van der Waals surface area contributed by atoms with Crippen molar-refractivity contribution >= 4 is 10.1 Å². The molecule has 0 bridgehead atoms. The van der Waals surface area contributed by atoms with Crippen LogP contribution in [0.1, 0.15) is 6.23 Å². The van der Waals surface area contributed by atoms with Crippen molar-refractivity contribution < 1.29 is 32.3 Å². The van der Waals surface area contributed by atoms with Crippen LogP contribution < -0.4 is 4.74 Å². The largest absolute Gasteiger partial charge is 0.480 e. The zero-order valence-corrected chi connectivity index (χ0v) is 13.6. The molecule has 24 heavy (non-hydrogen) atoms. The van der Waals surface area contributed by atoms with E-state index in [1.807, 2.05) is 0 Å². The zero-order valence-electron chi connectivity index (χ0n) is 12.8. The Labute approximate surface area is 137 Å². The van der Waals surface area contributed by atoms with Gasteiger partial charge in [0.1, 0.15) is 31.0 Å². The van der Waals surface area contributed by atoms with Gasteiger partial charge in [0, 0.05) is 0 Å². The van der Waals surface area contributed by atoms with Crippen LogP contribution in [-0.4, -0.2) is 76.4 Å². The summed E-state index contributed by atoms with van der Waals surface area (Å²) in [4.78, 5) is 12.1. The van der Waals surface area contributed by atoms with E-state index < -0.39 is 41.3 Å². The first-order valence-electron chi connectivity index (χ1n) is 6.90. The smallest absolute Gasteiger partial charge is 0.264 e. The fourth-order valence-corrected chi connectivity index (χ4v) is 3.24. The third kappa shape index (κ3) is 2.93. The van der Waals surface area contributed by atoms with Gasteiger partial charge in [0.25, 0.3) is 10.1 Å². The fraction of sp³-hybridized carbons (Fsp3) is 0.583. The van der Waals surface area contributed by atoms with E-state index in [1.165, 1.54) is 24.3 Å². The van der Waals surface area contributed by atoms with Crippen LogP contribution in [0.4, 0.5) is 0 Å². The minimum atomic E-state index is -3.86. The molecule has 0 aromatic heterocycles. The van der Waals surface area contributed by atoms with E-state index in [1.54, 1.807) is 0 Å². The van der Waals surface area contributed by atoms with Gasteiger partial charge in [-0.05, 0) is 0 Å². The molecule has 0 aliphatic carbocycles. The standard InChI is InChI=1S/C12H16N4O7S/c1-21-11-7-10(14-4-13-7)15-5-16(11)12-8(18)9(6(3-17)22-12)23-24(2,19)20/h4-6,8-9,12,17-18H,3H2,1-2H3/t6-,8-,9+,12-/m1/s1. The van der Waals surface area contributed by atoms with Gasteiger partial charge in [-0.3, -0.25) is 8.75 Å². The van der Waals surface area contributed by atoms with Crippen LogP contribution in [0.3, 0.4) is 0 Å². The molecule has 3 rings (SSSR count). The number of hydrogen-bond acceptors (Lipinski definition) is 10. The van der Waals surface area contributed by atoms with Crippen molar-refractivity contribution in [3.8, 4) is 17.4 Å². The van der Waals surface area contributed by atoms with Crippen LogP contribution in [0, 0.1) is 0 Å². The number of ether oxygens (including phenoxy) is 2. The lowest BCUT2D eigenvalue weighted by Crippen LogP contribution is -2.37. The average molecular weight is 360 g/mol. The first kappa shape index (κ1) is 17.0. The summed E-state index contributed by atoms with van der Waals surface area (Å²) in [5.74, 6) is 0.566. The third-order valence-electron chi connectivity index (χ3n) is 3.56. The topological polar surface area (TPSA) is 146 Å². The predicted molar refractivity (Wildman–Crippen MR) is 77.7 cm³/mol. The summed E-state index contributed by atoms with van der Waals surface area (Å²) in [6.07, 6.45) is -1.31. The molecular weight excluding hydrogens is 344 g/mol. The lowest BCUT2D eigenvalue weighted by Gasteiger charge is -2.22. The molecule has 0 saturated carbocycles. The lowest BCUT2D eigenvalue weighted by molar-refractivity contribution is -0.0554. The Morgan fingerprint density at radius 1 is 1.38 bits per heavy atom. The quantitative estimate of drug-likeness (QED) is 0.596. The van der Waals surface area contributed by atoms with Crippen LogP contribution in [0.25, 0.3) is 11.5 Å². The van der Waals surface area contributed by atoms with Crippen molar-refractivity contribution in [3.63, 3.8) is 0 Å². The van der Waals surface area contributed by atoms with Crippen LogP contribution in [-0.2, 0) is 19.0 Å². The molecule has 0 aromatic rings. The molecule has 4 atom stereocenters. The van der Waals surface area contributed by atoms with Gasteiger partial charge in [0.2, 0.25) is 5.88 Å². The monoisotopic (exact) mass is 360 g/mol. The van der Waals surface area contributed by atoms with Gasteiger partial charge >= 0.3 is 0 Å². The Kier molecular flexibility index (Phi) is 4.40. The van der Waals surface area contributed by atoms with E-state index in [2.05, 4.69) is 15.0 Å². The minimum absolute atomic E-state index is 0.221. The molecule has 0 radical (unpaired) electrons. The maximum absolute atomic E-state index is 11.4. The zero-order chi connectivity index (χ0) is 17.5. The minimum Gasteiger partial charge on any atom is -0.480 e. The highest BCUT2D eigenvalue weighted by Gasteiger charge is 2.47. The number of aliphatic hydroxyl groups excluding tert-OH is 2. The van der Waals surface area contributed by atoms with Gasteiger partial charge in [0.05, 0.1) is 20.0 Å². The van der Waals surface area contributed by atoms with E-state index in [0.717, 1.165) is 6.26 Å². The van der Waals surface area contributed by atoms with Crippen molar-refractivity contribution in [1.29, 1.82) is 0 Å². The second kappa shape index (κ2) is 6.22. The number of imidazole rings is 1. The Hall–Kier alpha value is -1.86. The molecule has 0 unspecified atom stereocenters. The molecule has 0 spiro atoms. The average Bonchev–Trinajstić information content (AvgIpc) is 3.11. The first-order chi connectivity index (χ1) is 11.4. The summed E-state index contributed by atoms with van der Waals surface area (Å²) in [7, 11) is -2.46. The summed E-state index contributed by atoms with van der Waals surface area (Å²) in [6.45, 7) is -0.539. The Balaban J connectivity index is 2.00. The third-order valence-corrected chi connectivity index (χ3v) is 4.13. The number of aliphatic hydroxyl groups is 2. The molecule has 3 heterocycles. The summed E-state index contributed by atoms with van der Waals surface area (Å²) in [5, 5.41) is 19.8. The SMILES string of the molecule is COc1c2ncnc-2ncn1[C@@H]1O[C@H](CO)[C@H](OS(C)(=O)=O)[C@H]1O. The number of fused-ring (bicyclic) bond motifs is 1. The maximum atomic E-state index is 11.4. The highest BCUT2D eigenvalue weighted by molar-refractivity contribution is 7.86. The van der Waals surface area contributed by atoms with Crippen molar-refractivity contribution in [2.24, 2.45) is 0 Å².